The number of ether oxygens (including phenoxy) is 1. The Kier molecular flexibility index (Phi) is 3.29. The fourth-order valence-corrected chi connectivity index (χ4v) is 2.70. The van der Waals surface area contributed by atoms with E-state index in [4.69, 9.17) is 27.9 Å². The van der Waals surface area contributed by atoms with E-state index in [2.05, 4.69) is 36.5 Å². The van der Waals surface area contributed by atoms with Gasteiger partial charge in [0.2, 0.25) is 0 Å². The molecule has 0 aromatic heterocycles. The Bertz CT molecular complexity index is 610. The van der Waals surface area contributed by atoms with Crippen molar-refractivity contribution in [2.75, 3.05) is 11.9 Å². The third-order valence-corrected chi connectivity index (χ3v) is 3.69. The van der Waals surface area contributed by atoms with Gasteiger partial charge >= 0.3 is 0 Å². The molecule has 19 heavy (non-hydrogen) atoms. The molecule has 4 heteroatoms. The quantitative estimate of drug-likeness (QED) is 0.812. The second-order valence-corrected chi connectivity index (χ2v) is 5.51. The van der Waals surface area contributed by atoms with E-state index in [0.29, 0.717) is 22.3 Å². The number of fused-ring (bicyclic) bond motifs is 1. The van der Waals surface area contributed by atoms with Crippen molar-refractivity contribution in [1.82, 2.24) is 0 Å². The average molecular weight is 294 g/mol. The van der Waals surface area contributed by atoms with Crippen molar-refractivity contribution in [3.63, 3.8) is 0 Å². The summed E-state index contributed by atoms with van der Waals surface area (Å²) in [5.74, 6) is 0.669. The lowest BCUT2D eigenvalue weighted by Gasteiger charge is -2.28. The number of rotatable bonds is 1. The average Bonchev–Trinajstić information content (AvgIpc) is 2.39. The summed E-state index contributed by atoms with van der Waals surface area (Å²) in [6.45, 7) is 2.77. The molecule has 1 unspecified atom stereocenters. The van der Waals surface area contributed by atoms with Crippen molar-refractivity contribution in [2.24, 2.45) is 0 Å². The summed E-state index contributed by atoms with van der Waals surface area (Å²) in [5.41, 5.74) is 3.22. The van der Waals surface area contributed by atoms with E-state index >= 15 is 0 Å². The van der Waals surface area contributed by atoms with Crippen LogP contribution in [0.3, 0.4) is 0 Å². The van der Waals surface area contributed by atoms with Crippen LogP contribution in [0.2, 0.25) is 10.0 Å². The van der Waals surface area contributed by atoms with Gasteiger partial charge in [-0.25, -0.2) is 0 Å². The monoisotopic (exact) mass is 293 g/mol. The molecule has 0 spiro atoms. The van der Waals surface area contributed by atoms with Crippen molar-refractivity contribution in [2.45, 2.75) is 13.0 Å². The van der Waals surface area contributed by atoms with E-state index in [0.717, 1.165) is 11.3 Å². The summed E-state index contributed by atoms with van der Waals surface area (Å²) >= 11 is 12.1. The van der Waals surface area contributed by atoms with Gasteiger partial charge in [0.15, 0.2) is 5.75 Å². The number of aryl methyl sites for hydroxylation is 1. The molecule has 2 nitrogen and oxygen atoms in total. The minimum Gasteiger partial charge on any atom is -0.480 e. The molecule has 1 N–H and O–H groups in total. The molecule has 0 bridgehead atoms. The molecule has 3 rings (SSSR count). The summed E-state index contributed by atoms with van der Waals surface area (Å²) in [4.78, 5) is 0. The first-order valence-electron chi connectivity index (χ1n) is 6.09. The predicted molar refractivity (Wildman–Crippen MR) is 79.5 cm³/mol. The number of benzene rings is 2. The zero-order valence-corrected chi connectivity index (χ0v) is 11.9. The predicted octanol–water partition coefficient (Wildman–Crippen LogP) is 4.85. The van der Waals surface area contributed by atoms with E-state index < -0.39 is 0 Å². The van der Waals surface area contributed by atoms with Gasteiger partial charge in [-0.15, -0.1) is 0 Å². The van der Waals surface area contributed by atoms with Crippen LogP contribution in [0, 0.1) is 6.92 Å². The second-order valence-electron chi connectivity index (χ2n) is 4.66. The number of hydrogen-bond donors (Lipinski definition) is 1. The van der Waals surface area contributed by atoms with Gasteiger partial charge in [0.1, 0.15) is 6.10 Å². The second kappa shape index (κ2) is 4.95. The molecule has 1 aliphatic rings. The third-order valence-electron chi connectivity index (χ3n) is 3.20. The van der Waals surface area contributed by atoms with Gasteiger partial charge in [0.25, 0.3) is 0 Å². The van der Waals surface area contributed by atoms with Crippen LogP contribution in [0.1, 0.15) is 17.2 Å². The summed E-state index contributed by atoms with van der Waals surface area (Å²) in [7, 11) is 0. The van der Waals surface area contributed by atoms with Gasteiger partial charge in [-0.2, -0.15) is 0 Å². The van der Waals surface area contributed by atoms with Gasteiger partial charge in [0.05, 0.1) is 17.3 Å². The number of hydrogen-bond acceptors (Lipinski definition) is 2. The molecular weight excluding hydrogens is 281 g/mol. The molecule has 0 saturated carbocycles. The molecule has 2 aromatic carbocycles. The van der Waals surface area contributed by atoms with Crippen molar-refractivity contribution >= 4 is 28.9 Å². The number of anilines is 1. The topological polar surface area (TPSA) is 21.3 Å². The Morgan fingerprint density at radius 3 is 2.63 bits per heavy atom. The Morgan fingerprint density at radius 2 is 1.89 bits per heavy atom. The molecule has 0 saturated heterocycles. The van der Waals surface area contributed by atoms with Crippen molar-refractivity contribution in [3.05, 3.63) is 57.6 Å². The molecular formula is C15H13Cl2NO. The van der Waals surface area contributed by atoms with Gasteiger partial charge in [0, 0.05) is 5.02 Å². The fraction of sp³-hybridized carbons (Fsp3) is 0.200. The van der Waals surface area contributed by atoms with Crippen LogP contribution in [-0.4, -0.2) is 6.54 Å². The van der Waals surface area contributed by atoms with E-state index in [1.165, 1.54) is 5.56 Å². The minimum absolute atomic E-state index is 0.0354. The number of nitrogens with one attached hydrogen (secondary N) is 1. The molecule has 0 amide bonds. The molecule has 2 aromatic rings. The van der Waals surface area contributed by atoms with Crippen LogP contribution >= 0.6 is 23.2 Å². The van der Waals surface area contributed by atoms with Crippen LogP contribution in [-0.2, 0) is 0 Å². The van der Waals surface area contributed by atoms with Gasteiger partial charge in [-0.05, 0) is 24.6 Å². The first-order chi connectivity index (χ1) is 9.13. The smallest absolute Gasteiger partial charge is 0.162 e. The zero-order chi connectivity index (χ0) is 13.4. The normalized spacial score (nSPS) is 17.3. The van der Waals surface area contributed by atoms with Gasteiger partial charge in [-0.3, -0.25) is 0 Å². The van der Waals surface area contributed by atoms with Crippen molar-refractivity contribution < 1.29 is 4.74 Å². The highest BCUT2D eigenvalue weighted by atomic mass is 35.5. The van der Waals surface area contributed by atoms with E-state index in [1.807, 2.05) is 6.07 Å². The maximum atomic E-state index is 6.18. The summed E-state index contributed by atoms with van der Waals surface area (Å²) in [6, 6.07) is 11.8. The zero-order valence-electron chi connectivity index (χ0n) is 10.4. The first kappa shape index (κ1) is 12.6. The maximum absolute atomic E-state index is 6.18. The first-order valence-corrected chi connectivity index (χ1v) is 6.85. The van der Waals surface area contributed by atoms with Crippen LogP contribution in [0.25, 0.3) is 0 Å². The van der Waals surface area contributed by atoms with Crippen molar-refractivity contribution in [3.8, 4) is 5.75 Å². The van der Waals surface area contributed by atoms with Crippen LogP contribution in [0.15, 0.2) is 36.4 Å². The lowest BCUT2D eigenvalue weighted by atomic mass is 10.1. The lowest BCUT2D eigenvalue weighted by Crippen LogP contribution is -2.23. The van der Waals surface area contributed by atoms with Gasteiger partial charge in [-0.1, -0.05) is 53.0 Å². The summed E-state index contributed by atoms with van der Waals surface area (Å²) in [5, 5.41) is 4.45. The molecule has 1 aliphatic heterocycles. The summed E-state index contributed by atoms with van der Waals surface area (Å²) in [6.07, 6.45) is -0.0354. The largest absolute Gasteiger partial charge is 0.480 e. The van der Waals surface area contributed by atoms with Crippen LogP contribution < -0.4 is 10.1 Å². The van der Waals surface area contributed by atoms with Crippen LogP contribution in [0.4, 0.5) is 5.69 Å². The van der Waals surface area contributed by atoms with E-state index in [-0.39, 0.29) is 6.10 Å². The lowest BCUT2D eigenvalue weighted by molar-refractivity contribution is 0.210. The Labute approximate surface area is 122 Å². The third kappa shape index (κ3) is 2.51. The summed E-state index contributed by atoms with van der Waals surface area (Å²) < 4.78 is 5.99. The van der Waals surface area contributed by atoms with E-state index in [1.54, 1.807) is 6.07 Å². The molecule has 98 valence electrons. The Morgan fingerprint density at radius 1 is 1.16 bits per heavy atom. The highest BCUT2D eigenvalue weighted by Gasteiger charge is 2.23. The van der Waals surface area contributed by atoms with Crippen LogP contribution in [0.5, 0.6) is 5.75 Å². The number of halogens is 2. The standard InChI is InChI=1S/C15H13Cl2NO/c1-9-2-4-10(5-3-9)14-8-18-13-7-11(16)6-12(17)15(13)19-14/h2-7,14,18H,8H2,1H3. The molecule has 0 fully saturated rings. The highest BCUT2D eigenvalue weighted by molar-refractivity contribution is 6.36. The van der Waals surface area contributed by atoms with Crippen molar-refractivity contribution in [1.29, 1.82) is 0 Å². The Hall–Kier alpha value is -1.38. The maximum Gasteiger partial charge on any atom is 0.162 e. The SMILES string of the molecule is Cc1ccc(C2CNc3cc(Cl)cc(Cl)c3O2)cc1. The van der Waals surface area contributed by atoms with Gasteiger partial charge < -0.3 is 10.1 Å². The molecule has 1 atom stereocenters. The fourth-order valence-electron chi connectivity index (χ4n) is 2.17. The highest BCUT2D eigenvalue weighted by Crippen LogP contribution is 2.41. The molecule has 0 radical (unpaired) electrons. The van der Waals surface area contributed by atoms with E-state index in [9.17, 15) is 0 Å². The molecule has 0 aliphatic carbocycles. The molecule has 1 heterocycles. The minimum atomic E-state index is -0.0354. The Balaban J connectivity index is 1.92.